The van der Waals surface area contributed by atoms with Crippen LogP contribution in [0, 0.1) is 0 Å². The molecule has 5 rings (SSSR count). The van der Waals surface area contributed by atoms with Crippen molar-refractivity contribution in [1.82, 2.24) is 5.32 Å². The van der Waals surface area contributed by atoms with Crippen LogP contribution in [0.25, 0.3) is 0 Å². The van der Waals surface area contributed by atoms with Crippen molar-refractivity contribution in [3.63, 3.8) is 0 Å². The number of carbonyl (C=O) groups is 5. The maximum atomic E-state index is 13.8. The minimum absolute atomic E-state index is 0.0886. The first kappa shape index (κ1) is 51.1. The molecule has 1 saturated heterocycles. The van der Waals surface area contributed by atoms with Crippen LogP contribution in [0.2, 0.25) is 0 Å². The van der Waals surface area contributed by atoms with Crippen LogP contribution in [-0.4, -0.2) is 80.2 Å². The van der Waals surface area contributed by atoms with E-state index >= 15 is 0 Å². The summed E-state index contributed by atoms with van der Waals surface area (Å²) in [5.41, 5.74) is 0.807. The van der Waals surface area contributed by atoms with Crippen LogP contribution in [0.3, 0.4) is 0 Å². The van der Waals surface area contributed by atoms with Crippen molar-refractivity contribution in [1.29, 1.82) is 0 Å². The fourth-order valence-electron chi connectivity index (χ4n) is 7.77. The number of unbranched alkanes of at least 4 members (excludes halogenated alkanes) is 14. The summed E-state index contributed by atoms with van der Waals surface area (Å²) in [7, 11) is 0. The minimum atomic E-state index is -1.54. The Hall–Kier alpha value is -5.85. The second-order valence-electron chi connectivity index (χ2n) is 16.6. The van der Waals surface area contributed by atoms with Crippen LogP contribution in [0.1, 0.15) is 151 Å². The second kappa shape index (κ2) is 29.6. The van der Waals surface area contributed by atoms with Gasteiger partial charge < -0.3 is 33.7 Å². The lowest BCUT2D eigenvalue weighted by molar-refractivity contribution is -0.297. The van der Waals surface area contributed by atoms with Crippen molar-refractivity contribution in [2.75, 3.05) is 19.8 Å². The molecule has 0 bridgehead atoms. The summed E-state index contributed by atoms with van der Waals surface area (Å²) >= 11 is 0. The van der Waals surface area contributed by atoms with E-state index in [-0.39, 0.29) is 41.3 Å². The molecular weight excluding hydrogens is 839 g/mol. The first-order valence-corrected chi connectivity index (χ1v) is 23.9. The van der Waals surface area contributed by atoms with Crippen molar-refractivity contribution >= 4 is 29.8 Å². The van der Waals surface area contributed by atoms with E-state index in [0.717, 1.165) is 19.3 Å². The first-order valence-electron chi connectivity index (χ1n) is 23.9. The molecule has 4 aromatic carbocycles. The van der Waals surface area contributed by atoms with Crippen molar-refractivity contribution in [3.05, 3.63) is 144 Å². The third-order valence-electron chi connectivity index (χ3n) is 11.5. The van der Waals surface area contributed by atoms with Crippen LogP contribution in [0.15, 0.2) is 121 Å². The van der Waals surface area contributed by atoms with Crippen molar-refractivity contribution in [2.24, 2.45) is 0 Å². The van der Waals surface area contributed by atoms with Gasteiger partial charge in [0.1, 0.15) is 12.7 Å². The summed E-state index contributed by atoms with van der Waals surface area (Å²) in [6.07, 6.45) is 11.6. The maximum absolute atomic E-state index is 13.8. The van der Waals surface area contributed by atoms with Crippen molar-refractivity contribution < 1.29 is 52.4 Å². The van der Waals surface area contributed by atoms with E-state index in [0.29, 0.717) is 6.42 Å². The highest BCUT2D eigenvalue weighted by atomic mass is 16.7. The third kappa shape index (κ3) is 17.9. The Bertz CT molecular complexity index is 2020. The zero-order valence-corrected chi connectivity index (χ0v) is 38.4. The number of ether oxygens (including phenoxy) is 6. The number of carbonyl (C=O) groups excluding carboxylic acids is 5. The molecule has 0 radical (unpaired) electrons. The van der Waals surface area contributed by atoms with E-state index in [2.05, 4.69) is 12.2 Å². The van der Waals surface area contributed by atoms with E-state index in [1.54, 1.807) is 121 Å². The number of benzene rings is 4. The highest BCUT2D eigenvalue weighted by Crippen LogP contribution is 2.32. The van der Waals surface area contributed by atoms with Crippen LogP contribution in [-0.2, 0) is 33.2 Å². The zero-order chi connectivity index (χ0) is 46.6. The average Bonchev–Trinajstić information content (AvgIpc) is 3.35. The summed E-state index contributed by atoms with van der Waals surface area (Å²) in [6.45, 7) is 1.77. The predicted octanol–water partition coefficient (Wildman–Crippen LogP) is 10.6. The Morgan fingerprint density at radius 1 is 0.470 bits per heavy atom. The Morgan fingerprint density at radius 2 is 0.848 bits per heavy atom. The molecule has 4 aromatic rings. The smallest absolute Gasteiger partial charge is 0.338 e. The highest BCUT2D eigenvalue weighted by molar-refractivity contribution is 5.91. The Balaban J connectivity index is 1.24. The molecule has 1 heterocycles. The Labute approximate surface area is 390 Å². The van der Waals surface area contributed by atoms with Gasteiger partial charge in [-0.25, -0.2) is 19.2 Å². The molecule has 12 heteroatoms. The van der Waals surface area contributed by atoms with Gasteiger partial charge >= 0.3 is 23.9 Å². The lowest BCUT2D eigenvalue weighted by atomic mass is 9.97. The molecular formula is C54H67NO11. The molecule has 0 unspecified atom stereocenters. The van der Waals surface area contributed by atoms with E-state index in [9.17, 15) is 24.0 Å². The fraction of sp³-hybridized carbons (Fsp3) is 0.463. The monoisotopic (exact) mass is 905 g/mol. The van der Waals surface area contributed by atoms with Gasteiger partial charge in [-0.2, -0.15) is 0 Å². The third-order valence-corrected chi connectivity index (χ3v) is 11.5. The van der Waals surface area contributed by atoms with E-state index < -0.39 is 61.2 Å². The normalized spacial score (nSPS) is 17.9. The van der Waals surface area contributed by atoms with Gasteiger partial charge in [-0.15, -0.1) is 0 Å². The summed E-state index contributed by atoms with van der Waals surface area (Å²) in [5.74, 6) is -3.21. The number of rotatable bonds is 29. The Kier molecular flexibility index (Phi) is 23.0. The molecule has 0 aliphatic carbocycles. The first-order chi connectivity index (χ1) is 32.3. The van der Waals surface area contributed by atoms with Crippen molar-refractivity contribution in [3.8, 4) is 0 Å². The number of amides is 1. The van der Waals surface area contributed by atoms with Gasteiger partial charge in [-0.05, 0) is 55.0 Å². The number of esters is 4. The van der Waals surface area contributed by atoms with Crippen LogP contribution < -0.4 is 5.32 Å². The zero-order valence-electron chi connectivity index (χ0n) is 38.4. The molecule has 1 N–H and O–H groups in total. The standard InChI is InChI=1S/C54H67NO11/c1-2-3-4-5-6-7-8-9-10-11-12-13-14-15-28-37-46(56)55-38-39-61-54-49(66-53(60)44-35-26-19-27-36-44)48(65-52(59)43-33-24-18-25-34-43)47(64-51(58)42-31-22-17-23-32-42)45(63-54)40-62-50(57)41-29-20-16-21-30-41/h16-27,29-36,45,47-49,54H,2-15,28,37-40H2,1H3,(H,55,56)/t45-,47+,48+,49-,54-/m1/s1. The van der Waals surface area contributed by atoms with Gasteiger partial charge in [0.25, 0.3) is 0 Å². The lowest BCUT2D eigenvalue weighted by Crippen LogP contribution is -2.63. The molecule has 5 atom stereocenters. The molecule has 1 amide bonds. The van der Waals surface area contributed by atoms with Gasteiger partial charge in [0.05, 0.1) is 28.9 Å². The summed E-state index contributed by atoms with van der Waals surface area (Å²) in [6, 6.07) is 32.8. The summed E-state index contributed by atoms with van der Waals surface area (Å²) < 4.78 is 36.6. The molecule has 0 saturated carbocycles. The largest absolute Gasteiger partial charge is 0.459 e. The van der Waals surface area contributed by atoms with E-state index in [1.807, 2.05) is 0 Å². The minimum Gasteiger partial charge on any atom is -0.459 e. The maximum Gasteiger partial charge on any atom is 0.338 e. The van der Waals surface area contributed by atoms with Crippen LogP contribution in [0.5, 0.6) is 0 Å². The quantitative estimate of drug-likeness (QED) is 0.0315. The van der Waals surface area contributed by atoms with Gasteiger partial charge in [-0.1, -0.05) is 170 Å². The van der Waals surface area contributed by atoms with Gasteiger partial charge in [0.15, 0.2) is 24.6 Å². The van der Waals surface area contributed by atoms with Gasteiger partial charge in [0.2, 0.25) is 5.91 Å². The molecule has 66 heavy (non-hydrogen) atoms. The predicted molar refractivity (Wildman–Crippen MR) is 251 cm³/mol. The number of hydrogen-bond acceptors (Lipinski definition) is 11. The fourth-order valence-corrected chi connectivity index (χ4v) is 7.77. The van der Waals surface area contributed by atoms with Crippen LogP contribution in [0.4, 0.5) is 0 Å². The van der Waals surface area contributed by atoms with E-state index in [1.165, 1.54) is 77.0 Å². The van der Waals surface area contributed by atoms with Crippen molar-refractivity contribution in [2.45, 2.75) is 140 Å². The molecule has 1 fully saturated rings. The highest BCUT2D eigenvalue weighted by Gasteiger charge is 2.53. The summed E-state index contributed by atoms with van der Waals surface area (Å²) in [4.78, 5) is 67.4. The SMILES string of the molecule is CCCCCCCCCCCCCCCCCC(=O)NCCO[C@@H]1O[C@H](COC(=O)c2ccccc2)[C@H](OC(=O)c2ccccc2)[C@H](OC(=O)c2ccccc2)[C@H]1OC(=O)c1ccccc1. The molecule has 0 spiro atoms. The summed E-state index contributed by atoms with van der Waals surface area (Å²) in [5, 5.41) is 2.89. The number of nitrogens with one attached hydrogen (secondary N) is 1. The molecule has 12 nitrogen and oxygen atoms in total. The second-order valence-corrected chi connectivity index (χ2v) is 16.6. The Morgan fingerprint density at radius 3 is 1.29 bits per heavy atom. The lowest BCUT2D eigenvalue weighted by Gasteiger charge is -2.44. The number of hydrogen-bond donors (Lipinski definition) is 1. The molecule has 354 valence electrons. The average molecular weight is 906 g/mol. The molecule has 1 aliphatic rings. The van der Waals surface area contributed by atoms with Crippen LogP contribution >= 0.6 is 0 Å². The van der Waals surface area contributed by atoms with Gasteiger partial charge in [-0.3, -0.25) is 4.79 Å². The molecule has 1 aliphatic heterocycles. The molecule has 0 aromatic heterocycles. The van der Waals surface area contributed by atoms with E-state index in [4.69, 9.17) is 28.4 Å². The topological polar surface area (TPSA) is 153 Å². The van der Waals surface area contributed by atoms with Gasteiger partial charge in [0, 0.05) is 13.0 Å².